The molecule has 1 atom stereocenters. The van der Waals surface area contributed by atoms with Gasteiger partial charge in [0.1, 0.15) is 0 Å². The zero-order valence-corrected chi connectivity index (χ0v) is 14.9. The molecule has 0 fully saturated rings. The lowest BCUT2D eigenvalue weighted by Crippen LogP contribution is -2.32. The summed E-state index contributed by atoms with van der Waals surface area (Å²) in [5, 5.41) is 13.0. The molecule has 0 amide bonds. The lowest BCUT2D eigenvalue weighted by atomic mass is 10.2. The van der Waals surface area contributed by atoms with Gasteiger partial charge in [-0.1, -0.05) is 36.4 Å². The Bertz CT molecular complexity index is 1100. The van der Waals surface area contributed by atoms with Gasteiger partial charge in [0.2, 0.25) is 0 Å². The van der Waals surface area contributed by atoms with Crippen molar-refractivity contribution in [2.24, 2.45) is 0 Å². The molecule has 26 heavy (non-hydrogen) atoms. The summed E-state index contributed by atoms with van der Waals surface area (Å²) in [6, 6.07) is 18.2. The zero-order valence-electron chi connectivity index (χ0n) is 14.9. The minimum Gasteiger partial charge on any atom is -0.389 e. The summed E-state index contributed by atoms with van der Waals surface area (Å²) >= 11 is 0. The zero-order chi connectivity index (χ0) is 18.3. The van der Waals surface area contributed by atoms with Gasteiger partial charge in [0, 0.05) is 33.2 Å². The van der Waals surface area contributed by atoms with E-state index in [0.717, 1.165) is 16.7 Å². The van der Waals surface area contributed by atoms with Crippen molar-refractivity contribution in [2.75, 3.05) is 0 Å². The van der Waals surface area contributed by atoms with Crippen LogP contribution in [0.2, 0.25) is 0 Å². The topological polar surface area (TPSA) is 60.0 Å². The summed E-state index contributed by atoms with van der Waals surface area (Å²) in [7, 11) is 0. The summed E-state index contributed by atoms with van der Waals surface area (Å²) in [6.45, 7) is 4.29. The van der Waals surface area contributed by atoms with Crippen LogP contribution in [0.3, 0.4) is 0 Å². The van der Waals surface area contributed by atoms with Crippen LogP contribution in [0, 0.1) is 13.8 Å². The summed E-state index contributed by atoms with van der Waals surface area (Å²) in [5.74, 6) is 0. The second kappa shape index (κ2) is 6.42. The van der Waals surface area contributed by atoms with Crippen LogP contribution in [0.15, 0.2) is 59.4 Å². The van der Waals surface area contributed by atoms with E-state index < -0.39 is 6.10 Å². The van der Waals surface area contributed by atoms with Crippen molar-refractivity contribution >= 4 is 21.8 Å². The normalized spacial score (nSPS) is 12.7. The monoisotopic (exact) mass is 347 g/mol. The van der Waals surface area contributed by atoms with Crippen LogP contribution in [-0.4, -0.2) is 25.3 Å². The van der Waals surface area contributed by atoms with Crippen molar-refractivity contribution in [3.05, 3.63) is 76.5 Å². The highest BCUT2D eigenvalue weighted by Crippen LogP contribution is 2.28. The van der Waals surface area contributed by atoms with Gasteiger partial charge in [-0.25, -0.2) is 4.79 Å². The first-order valence-electron chi connectivity index (χ1n) is 8.73. The molecule has 2 aromatic carbocycles. The number of hydrogen-bond acceptors (Lipinski definition) is 3. The summed E-state index contributed by atoms with van der Waals surface area (Å²) in [4.78, 5) is 16.1. The number of aliphatic hydroxyl groups is 1. The number of fused-ring (bicyclic) bond motifs is 3. The van der Waals surface area contributed by atoms with Crippen LogP contribution in [0.4, 0.5) is 0 Å². The second-order valence-corrected chi connectivity index (χ2v) is 6.73. The van der Waals surface area contributed by atoms with Crippen LogP contribution in [0.25, 0.3) is 21.8 Å². The quantitative estimate of drug-likeness (QED) is 0.617. The molecule has 0 bridgehead atoms. The van der Waals surface area contributed by atoms with E-state index in [1.165, 1.54) is 15.3 Å². The van der Waals surface area contributed by atoms with Gasteiger partial charge in [-0.2, -0.15) is 4.98 Å². The standard InChI is InChI=1S/C21H21N3O2/c1-14-11-15(2)23(21(26)22-14)12-16(25)13-24-19-9-5-3-7-17(19)18-8-4-6-10-20(18)24/h3-11,16,25H,12-13H2,1-2H3/t16-/m0/s1. The van der Waals surface area contributed by atoms with Crippen molar-refractivity contribution in [2.45, 2.75) is 33.0 Å². The molecule has 0 radical (unpaired) electrons. The molecule has 0 saturated carbocycles. The maximum Gasteiger partial charge on any atom is 0.348 e. The van der Waals surface area contributed by atoms with Crippen LogP contribution in [-0.2, 0) is 13.1 Å². The molecule has 5 heteroatoms. The number of aromatic nitrogens is 3. The van der Waals surface area contributed by atoms with Gasteiger partial charge >= 0.3 is 5.69 Å². The van der Waals surface area contributed by atoms with Gasteiger partial charge in [-0.05, 0) is 32.0 Å². The molecule has 0 aliphatic heterocycles. The van der Waals surface area contributed by atoms with Crippen molar-refractivity contribution < 1.29 is 5.11 Å². The van der Waals surface area contributed by atoms with E-state index in [1.54, 1.807) is 6.92 Å². The number of benzene rings is 2. The molecule has 0 spiro atoms. The van der Waals surface area contributed by atoms with Gasteiger partial charge in [0.25, 0.3) is 0 Å². The Morgan fingerprint density at radius 3 is 2.04 bits per heavy atom. The Hall–Kier alpha value is -2.92. The van der Waals surface area contributed by atoms with Gasteiger partial charge < -0.3 is 9.67 Å². The molecule has 4 aromatic rings. The summed E-state index contributed by atoms with van der Waals surface area (Å²) in [6.07, 6.45) is -0.699. The first-order valence-corrected chi connectivity index (χ1v) is 8.73. The predicted molar refractivity (Wildman–Crippen MR) is 103 cm³/mol. The number of nitrogens with zero attached hydrogens (tertiary/aromatic N) is 3. The lowest BCUT2D eigenvalue weighted by molar-refractivity contribution is 0.134. The molecule has 2 heterocycles. The lowest BCUT2D eigenvalue weighted by Gasteiger charge is -2.17. The number of aliphatic hydroxyl groups excluding tert-OH is 1. The maximum atomic E-state index is 12.2. The molecule has 0 aliphatic rings. The highest BCUT2D eigenvalue weighted by Gasteiger charge is 2.15. The van der Waals surface area contributed by atoms with Crippen LogP contribution >= 0.6 is 0 Å². The van der Waals surface area contributed by atoms with Crippen molar-refractivity contribution in [1.29, 1.82) is 0 Å². The van der Waals surface area contributed by atoms with Crippen LogP contribution in [0.5, 0.6) is 0 Å². The Morgan fingerprint density at radius 1 is 0.923 bits per heavy atom. The van der Waals surface area contributed by atoms with Crippen molar-refractivity contribution in [3.63, 3.8) is 0 Å². The Balaban J connectivity index is 1.72. The third kappa shape index (κ3) is 2.80. The third-order valence-electron chi connectivity index (χ3n) is 4.81. The van der Waals surface area contributed by atoms with Gasteiger partial charge in [0.05, 0.1) is 19.2 Å². The maximum absolute atomic E-state index is 12.2. The minimum absolute atomic E-state index is 0.221. The van der Waals surface area contributed by atoms with Crippen LogP contribution in [0.1, 0.15) is 11.4 Å². The van der Waals surface area contributed by atoms with Gasteiger partial charge in [-0.15, -0.1) is 0 Å². The first-order chi connectivity index (χ1) is 12.5. The number of rotatable bonds is 4. The van der Waals surface area contributed by atoms with E-state index >= 15 is 0 Å². The van der Waals surface area contributed by atoms with Gasteiger partial charge in [0.15, 0.2) is 0 Å². The minimum atomic E-state index is -0.699. The highest BCUT2D eigenvalue weighted by atomic mass is 16.3. The average molecular weight is 347 g/mol. The Morgan fingerprint density at radius 2 is 1.46 bits per heavy atom. The van der Waals surface area contributed by atoms with E-state index in [9.17, 15) is 9.90 Å². The third-order valence-corrected chi connectivity index (χ3v) is 4.81. The van der Waals surface area contributed by atoms with Crippen molar-refractivity contribution in [1.82, 2.24) is 14.1 Å². The van der Waals surface area contributed by atoms with E-state index in [2.05, 4.69) is 33.8 Å². The van der Waals surface area contributed by atoms with E-state index in [1.807, 2.05) is 37.3 Å². The summed E-state index contributed by atoms with van der Waals surface area (Å²) < 4.78 is 3.66. The summed E-state index contributed by atoms with van der Waals surface area (Å²) in [5.41, 5.74) is 3.35. The fourth-order valence-corrected chi connectivity index (χ4v) is 3.68. The highest BCUT2D eigenvalue weighted by molar-refractivity contribution is 6.07. The fourth-order valence-electron chi connectivity index (χ4n) is 3.68. The molecular formula is C21H21N3O2. The van der Waals surface area contributed by atoms with Gasteiger partial charge in [-0.3, -0.25) is 4.57 Å². The smallest absolute Gasteiger partial charge is 0.348 e. The molecular weight excluding hydrogens is 326 g/mol. The van der Waals surface area contributed by atoms with E-state index in [-0.39, 0.29) is 12.2 Å². The number of aryl methyl sites for hydroxylation is 2. The fraction of sp³-hybridized carbons (Fsp3) is 0.238. The molecule has 1 N–H and O–H groups in total. The van der Waals surface area contributed by atoms with Crippen LogP contribution < -0.4 is 5.69 Å². The Kier molecular flexibility index (Phi) is 4.09. The SMILES string of the molecule is Cc1cc(C)n(C[C@H](O)Cn2c3ccccc3c3ccccc32)c(=O)n1. The van der Waals surface area contributed by atoms with Crippen molar-refractivity contribution in [3.8, 4) is 0 Å². The number of hydrogen-bond donors (Lipinski definition) is 1. The predicted octanol–water partition coefficient (Wildman–Crippen LogP) is 3.03. The second-order valence-electron chi connectivity index (χ2n) is 6.73. The Labute approximate surface area is 151 Å². The first kappa shape index (κ1) is 16.5. The molecule has 0 unspecified atom stereocenters. The average Bonchev–Trinajstić information content (AvgIpc) is 2.93. The van der Waals surface area contributed by atoms with E-state index in [4.69, 9.17) is 0 Å². The molecule has 5 nitrogen and oxygen atoms in total. The molecule has 4 rings (SSSR count). The molecule has 0 aliphatic carbocycles. The molecule has 132 valence electrons. The van der Waals surface area contributed by atoms with E-state index in [0.29, 0.717) is 12.2 Å². The molecule has 0 saturated heterocycles. The molecule has 2 aromatic heterocycles. The largest absolute Gasteiger partial charge is 0.389 e. The number of para-hydroxylation sites is 2.